The Kier molecular flexibility index (Phi) is 4.10. The molecule has 12 heavy (non-hydrogen) atoms. The molecular weight excluding hydrogens is 172 g/mol. The van der Waals surface area contributed by atoms with Crippen LogP contribution in [0, 0.1) is 0 Å². The van der Waals surface area contributed by atoms with Crippen LogP contribution in [0.3, 0.4) is 0 Å². The summed E-state index contributed by atoms with van der Waals surface area (Å²) in [6.07, 6.45) is 6.32. The van der Waals surface area contributed by atoms with E-state index in [9.17, 15) is 0 Å². The van der Waals surface area contributed by atoms with Gasteiger partial charge in [0.25, 0.3) is 0 Å². The van der Waals surface area contributed by atoms with Crippen LogP contribution < -0.4 is 0 Å². The van der Waals surface area contributed by atoms with E-state index in [2.05, 4.69) is 19.9 Å². The fourth-order valence-electron chi connectivity index (χ4n) is 1.48. The second kappa shape index (κ2) is 4.88. The minimum atomic E-state index is 0.327. The number of rotatable bonds is 3. The second-order valence-electron chi connectivity index (χ2n) is 3.37. The summed E-state index contributed by atoms with van der Waals surface area (Å²) in [5.41, 5.74) is 1.30. The van der Waals surface area contributed by atoms with Crippen LogP contribution in [-0.4, -0.2) is 18.1 Å². The van der Waals surface area contributed by atoms with Crippen LogP contribution in [0.5, 0.6) is 0 Å². The summed E-state index contributed by atoms with van der Waals surface area (Å²) in [4.78, 5) is 0. The maximum atomic E-state index is 5.76. The monoisotopic (exact) mass is 188 g/mol. The summed E-state index contributed by atoms with van der Waals surface area (Å²) in [6, 6.07) is 0. The Morgan fingerprint density at radius 2 is 2.33 bits per heavy atom. The average molecular weight is 189 g/mol. The van der Waals surface area contributed by atoms with Crippen molar-refractivity contribution in [3.05, 3.63) is 11.6 Å². The first-order valence-corrected chi connectivity index (χ1v) is 5.20. The van der Waals surface area contributed by atoms with Crippen LogP contribution in [0.1, 0.15) is 33.1 Å². The summed E-state index contributed by atoms with van der Waals surface area (Å²) in [5, 5.41) is 0. The van der Waals surface area contributed by atoms with Crippen LogP contribution in [0.15, 0.2) is 11.6 Å². The fourth-order valence-corrected chi connectivity index (χ4v) is 1.75. The molecule has 1 nitrogen and oxygen atoms in total. The van der Waals surface area contributed by atoms with E-state index in [0.29, 0.717) is 18.1 Å². The number of hydrogen-bond acceptors (Lipinski definition) is 1. The molecular formula is C10H17ClO. The molecule has 0 radical (unpaired) electrons. The smallest absolute Gasteiger partial charge is 0.0763 e. The highest BCUT2D eigenvalue weighted by Crippen LogP contribution is 2.21. The van der Waals surface area contributed by atoms with E-state index in [1.807, 2.05) is 0 Å². The summed E-state index contributed by atoms with van der Waals surface area (Å²) >= 11 is 5.76. The van der Waals surface area contributed by atoms with Crippen LogP contribution in [0.4, 0.5) is 0 Å². The molecule has 1 rings (SSSR count). The number of allylic oxidation sites excluding steroid dienone is 1. The van der Waals surface area contributed by atoms with Crippen molar-refractivity contribution in [1.82, 2.24) is 0 Å². The standard InChI is InChI=1S/C10H17ClO/c1-3-9(7-11)6-10-5-4-8(2)12-10/h6,8,10H,3-5,7H2,1-2H3. The lowest BCUT2D eigenvalue weighted by molar-refractivity contribution is 0.0828. The van der Waals surface area contributed by atoms with Gasteiger partial charge < -0.3 is 4.74 Å². The Morgan fingerprint density at radius 1 is 1.58 bits per heavy atom. The Balaban J connectivity index is 2.43. The van der Waals surface area contributed by atoms with Gasteiger partial charge in [-0.15, -0.1) is 11.6 Å². The molecule has 1 aliphatic heterocycles. The zero-order chi connectivity index (χ0) is 8.97. The highest BCUT2D eigenvalue weighted by molar-refractivity contribution is 6.19. The van der Waals surface area contributed by atoms with Crippen molar-refractivity contribution in [2.45, 2.75) is 45.3 Å². The van der Waals surface area contributed by atoms with Crippen molar-refractivity contribution in [1.29, 1.82) is 0 Å². The lowest BCUT2D eigenvalue weighted by Crippen LogP contribution is -2.05. The molecule has 0 amide bonds. The Hall–Kier alpha value is -0.0100. The SMILES string of the molecule is CCC(=CC1CCC(C)O1)CCl. The third kappa shape index (κ3) is 2.80. The maximum Gasteiger partial charge on any atom is 0.0763 e. The predicted molar refractivity (Wildman–Crippen MR) is 52.7 cm³/mol. The molecule has 0 saturated carbocycles. The zero-order valence-corrected chi connectivity index (χ0v) is 8.60. The Labute approximate surface area is 79.7 Å². The minimum absolute atomic E-state index is 0.327. The largest absolute Gasteiger partial charge is 0.371 e. The van der Waals surface area contributed by atoms with Crippen molar-refractivity contribution in [3.63, 3.8) is 0 Å². The van der Waals surface area contributed by atoms with Crippen molar-refractivity contribution < 1.29 is 4.74 Å². The molecule has 2 unspecified atom stereocenters. The van der Waals surface area contributed by atoms with E-state index in [4.69, 9.17) is 16.3 Å². The van der Waals surface area contributed by atoms with E-state index < -0.39 is 0 Å². The number of ether oxygens (including phenoxy) is 1. The van der Waals surface area contributed by atoms with Gasteiger partial charge in [0.1, 0.15) is 0 Å². The molecule has 70 valence electrons. The van der Waals surface area contributed by atoms with Crippen LogP contribution in [0.2, 0.25) is 0 Å². The van der Waals surface area contributed by atoms with Gasteiger partial charge in [0.2, 0.25) is 0 Å². The molecule has 0 aromatic rings. The Bertz CT molecular complexity index is 159. The lowest BCUT2D eigenvalue weighted by atomic mass is 10.1. The molecule has 1 fully saturated rings. The lowest BCUT2D eigenvalue weighted by Gasteiger charge is -2.07. The van der Waals surface area contributed by atoms with Gasteiger partial charge >= 0.3 is 0 Å². The minimum Gasteiger partial charge on any atom is -0.371 e. The van der Waals surface area contributed by atoms with Crippen molar-refractivity contribution in [2.75, 3.05) is 5.88 Å². The molecule has 2 heteroatoms. The first-order chi connectivity index (χ1) is 5.76. The fraction of sp³-hybridized carbons (Fsp3) is 0.800. The molecule has 1 aliphatic rings. The molecule has 0 aromatic carbocycles. The molecule has 0 N–H and O–H groups in total. The first kappa shape index (κ1) is 10.1. The summed E-state index contributed by atoms with van der Waals surface area (Å²) in [5.74, 6) is 0.644. The van der Waals surface area contributed by atoms with Crippen LogP contribution in [-0.2, 0) is 4.74 Å². The summed E-state index contributed by atoms with van der Waals surface area (Å²) in [7, 11) is 0. The Morgan fingerprint density at radius 3 is 2.75 bits per heavy atom. The summed E-state index contributed by atoms with van der Waals surface area (Å²) in [6.45, 7) is 4.26. The predicted octanol–water partition coefficient (Wildman–Crippen LogP) is 3.13. The van der Waals surface area contributed by atoms with Gasteiger partial charge in [0.15, 0.2) is 0 Å². The average Bonchev–Trinajstić information content (AvgIpc) is 2.47. The highest BCUT2D eigenvalue weighted by atomic mass is 35.5. The molecule has 1 heterocycles. The number of alkyl halides is 1. The van der Waals surface area contributed by atoms with E-state index in [0.717, 1.165) is 12.8 Å². The topological polar surface area (TPSA) is 9.23 Å². The third-order valence-corrected chi connectivity index (χ3v) is 2.66. The van der Waals surface area contributed by atoms with Gasteiger partial charge in [0, 0.05) is 5.88 Å². The first-order valence-electron chi connectivity index (χ1n) is 4.67. The highest BCUT2D eigenvalue weighted by Gasteiger charge is 2.19. The van der Waals surface area contributed by atoms with Crippen LogP contribution in [0.25, 0.3) is 0 Å². The van der Waals surface area contributed by atoms with Crippen molar-refractivity contribution in [3.8, 4) is 0 Å². The third-order valence-electron chi connectivity index (χ3n) is 2.31. The molecule has 0 spiro atoms. The van der Waals surface area contributed by atoms with E-state index in [1.165, 1.54) is 12.0 Å². The second-order valence-corrected chi connectivity index (χ2v) is 3.64. The molecule has 0 aromatic heterocycles. The van der Waals surface area contributed by atoms with Gasteiger partial charge in [-0.25, -0.2) is 0 Å². The molecule has 0 bridgehead atoms. The van der Waals surface area contributed by atoms with Gasteiger partial charge in [0.05, 0.1) is 12.2 Å². The van der Waals surface area contributed by atoms with Crippen molar-refractivity contribution in [2.24, 2.45) is 0 Å². The maximum absolute atomic E-state index is 5.76. The van der Waals surface area contributed by atoms with E-state index in [1.54, 1.807) is 0 Å². The van der Waals surface area contributed by atoms with Crippen molar-refractivity contribution >= 4 is 11.6 Å². The zero-order valence-electron chi connectivity index (χ0n) is 7.85. The summed E-state index contributed by atoms with van der Waals surface area (Å²) < 4.78 is 5.66. The quantitative estimate of drug-likeness (QED) is 0.489. The van der Waals surface area contributed by atoms with Crippen LogP contribution >= 0.6 is 11.6 Å². The number of halogens is 1. The normalized spacial score (nSPS) is 31.1. The van der Waals surface area contributed by atoms with Gasteiger partial charge in [-0.2, -0.15) is 0 Å². The van der Waals surface area contributed by atoms with E-state index in [-0.39, 0.29) is 0 Å². The van der Waals surface area contributed by atoms with E-state index >= 15 is 0 Å². The van der Waals surface area contributed by atoms with Gasteiger partial charge in [-0.05, 0) is 26.2 Å². The number of hydrogen-bond donors (Lipinski definition) is 0. The molecule has 2 atom stereocenters. The molecule has 0 aliphatic carbocycles. The van der Waals surface area contributed by atoms with Gasteiger partial charge in [-0.1, -0.05) is 18.6 Å². The molecule has 1 saturated heterocycles. The van der Waals surface area contributed by atoms with Gasteiger partial charge in [-0.3, -0.25) is 0 Å².